The molecule has 1 heterocycles. The maximum absolute atomic E-state index is 6.55. The van der Waals surface area contributed by atoms with Crippen LogP contribution < -0.4 is 4.90 Å². The van der Waals surface area contributed by atoms with Crippen LogP contribution in [-0.4, -0.2) is 0 Å². The predicted molar refractivity (Wildman–Crippen MR) is 186 cm³/mol. The fraction of sp³-hybridized carbons (Fsp3) is 0. The largest absolute Gasteiger partial charge is 0.455 e. The lowest BCUT2D eigenvalue weighted by atomic mass is 9.93. The SMILES string of the molecule is c1ccc(N(c2ccc(-c3cc4ccccc4c4ccccc34)cc2)c2cccc3oc4c5ccccc5ccc4c23)cc1. The van der Waals surface area contributed by atoms with Gasteiger partial charge in [-0.2, -0.15) is 0 Å². The first-order valence-corrected chi connectivity index (χ1v) is 15.0. The summed E-state index contributed by atoms with van der Waals surface area (Å²) >= 11 is 0. The molecule has 0 atom stereocenters. The first kappa shape index (κ1) is 24.7. The van der Waals surface area contributed by atoms with Crippen LogP contribution >= 0.6 is 0 Å². The summed E-state index contributed by atoms with van der Waals surface area (Å²) in [7, 11) is 0. The topological polar surface area (TPSA) is 16.4 Å². The number of para-hydroxylation sites is 1. The van der Waals surface area contributed by atoms with Gasteiger partial charge in [-0.1, -0.05) is 115 Å². The first-order valence-electron chi connectivity index (χ1n) is 15.0. The number of furan rings is 1. The van der Waals surface area contributed by atoms with Crippen LogP contribution in [0.1, 0.15) is 0 Å². The van der Waals surface area contributed by atoms with Crippen LogP contribution in [-0.2, 0) is 0 Å². The van der Waals surface area contributed by atoms with Crippen molar-refractivity contribution >= 4 is 71.3 Å². The zero-order chi connectivity index (χ0) is 29.0. The van der Waals surface area contributed by atoms with Gasteiger partial charge in [0.15, 0.2) is 0 Å². The third-order valence-electron chi connectivity index (χ3n) is 8.83. The first-order chi connectivity index (χ1) is 21.8. The number of hydrogen-bond donors (Lipinski definition) is 0. The van der Waals surface area contributed by atoms with E-state index in [-0.39, 0.29) is 0 Å². The Balaban J connectivity index is 1.24. The van der Waals surface area contributed by atoms with Gasteiger partial charge < -0.3 is 9.32 Å². The number of benzene rings is 8. The normalized spacial score (nSPS) is 11.6. The van der Waals surface area contributed by atoms with E-state index in [1.54, 1.807) is 0 Å². The zero-order valence-electron chi connectivity index (χ0n) is 23.9. The molecule has 0 aliphatic heterocycles. The smallest absolute Gasteiger partial charge is 0.143 e. The van der Waals surface area contributed by atoms with Crippen molar-refractivity contribution in [3.63, 3.8) is 0 Å². The standard InChI is InChI=1S/C42H27NO/c1-2-13-31(14-3-1)43(39-19-10-20-40-41(39)37-26-23-28-11-4-7-16-34(28)42(37)44-40)32-24-21-29(22-25-32)38-27-30-12-5-6-15-33(30)35-17-8-9-18-36(35)38/h1-27H. The Bertz CT molecular complexity index is 2490. The number of rotatable bonds is 4. The minimum Gasteiger partial charge on any atom is -0.455 e. The maximum atomic E-state index is 6.55. The van der Waals surface area contributed by atoms with Crippen molar-refractivity contribution in [3.05, 3.63) is 164 Å². The van der Waals surface area contributed by atoms with Crippen LogP contribution in [0, 0.1) is 0 Å². The van der Waals surface area contributed by atoms with Gasteiger partial charge in [0.25, 0.3) is 0 Å². The average molecular weight is 562 g/mol. The Morgan fingerprint density at radius 1 is 0.409 bits per heavy atom. The fourth-order valence-electron chi connectivity index (χ4n) is 6.81. The highest BCUT2D eigenvalue weighted by Crippen LogP contribution is 2.44. The monoisotopic (exact) mass is 561 g/mol. The Hall–Kier alpha value is -5.86. The summed E-state index contributed by atoms with van der Waals surface area (Å²) in [5, 5.41) is 9.62. The van der Waals surface area contributed by atoms with Gasteiger partial charge in [0.1, 0.15) is 11.2 Å². The van der Waals surface area contributed by atoms with E-state index in [0.29, 0.717) is 0 Å². The molecule has 9 aromatic rings. The van der Waals surface area contributed by atoms with E-state index in [1.165, 1.54) is 38.1 Å². The van der Waals surface area contributed by atoms with Gasteiger partial charge >= 0.3 is 0 Å². The highest BCUT2D eigenvalue weighted by atomic mass is 16.3. The molecule has 8 aromatic carbocycles. The van der Waals surface area contributed by atoms with Crippen molar-refractivity contribution in [2.75, 3.05) is 4.90 Å². The molecule has 0 unspecified atom stereocenters. The van der Waals surface area contributed by atoms with Gasteiger partial charge in [0, 0.05) is 22.1 Å². The molecule has 0 fully saturated rings. The molecule has 0 saturated carbocycles. The molecule has 0 N–H and O–H groups in total. The molecular formula is C42H27NO. The molecular weight excluding hydrogens is 534 g/mol. The molecule has 0 bridgehead atoms. The molecule has 0 amide bonds. The van der Waals surface area contributed by atoms with Gasteiger partial charge in [0.05, 0.1) is 11.1 Å². The van der Waals surface area contributed by atoms with E-state index < -0.39 is 0 Å². The summed E-state index contributed by atoms with van der Waals surface area (Å²) in [6, 6.07) is 58.5. The van der Waals surface area contributed by atoms with E-state index in [1.807, 2.05) is 0 Å². The maximum Gasteiger partial charge on any atom is 0.143 e. The third-order valence-corrected chi connectivity index (χ3v) is 8.83. The second-order valence-electron chi connectivity index (χ2n) is 11.3. The Morgan fingerprint density at radius 3 is 1.89 bits per heavy atom. The Kier molecular flexibility index (Phi) is 5.54. The van der Waals surface area contributed by atoms with Gasteiger partial charge in [0.2, 0.25) is 0 Å². The molecule has 0 aliphatic carbocycles. The highest BCUT2D eigenvalue weighted by molar-refractivity contribution is 6.19. The highest BCUT2D eigenvalue weighted by Gasteiger charge is 2.20. The van der Waals surface area contributed by atoms with Gasteiger partial charge in [-0.05, 0) is 86.6 Å². The molecule has 0 aliphatic rings. The predicted octanol–water partition coefficient (Wildman–Crippen LogP) is 12.2. The second kappa shape index (κ2) is 9.86. The van der Waals surface area contributed by atoms with Gasteiger partial charge in [-0.15, -0.1) is 0 Å². The van der Waals surface area contributed by atoms with E-state index in [4.69, 9.17) is 4.42 Å². The summed E-state index contributed by atoms with van der Waals surface area (Å²) in [5.41, 5.74) is 7.53. The number of fused-ring (bicyclic) bond motifs is 8. The van der Waals surface area contributed by atoms with E-state index >= 15 is 0 Å². The number of hydrogen-bond acceptors (Lipinski definition) is 2. The minimum atomic E-state index is 0.883. The third kappa shape index (κ3) is 3.82. The lowest BCUT2D eigenvalue weighted by Crippen LogP contribution is -2.10. The van der Waals surface area contributed by atoms with Crippen molar-refractivity contribution in [3.8, 4) is 11.1 Å². The molecule has 44 heavy (non-hydrogen) atoms. The van der Waals surface area contributed by atoms with Gasteiger partial charge in [-0.25, -0.2) is 0 Å². The summed E-state index contributed by atoms with van der Waals surface area (Å²) in [6.07, 6.45) is 0. The van der Waals surface area contributed by atoms with Crippen molar-refractivity contribution in [2.45, 2.75) is 0 Å². The number of anilines is 3. The summed E-state index contributed by atoms with van der Waals surface area (Å²) in [4.78, 5) is 2.34. The van der Waals surface area contributed by atoms with E-state index in [2.05, 4.69) is 169 Å². The van der Waals surface area contributed by atoms with Crippen molar-refractivity contribution < 1.29 is 4.42 Å². The second-order valence-corrected chi connectivity index (χ2v) is 11.3. The van der Waals surface area contributed by atoms with Gasteiger partial charge in [-0.3, -0.25) is 0 Å². The molecule has 0 radical (unpaired) electrons. The van der Waals surface area contributed by atoms with Crippen LogP contribution in [0.2, 0.25) is 0 Å². The summed E-state index contributed by atoms with van der Waals surface area (Å²) in [5.74, 6) is 0. The quantitative estimate of drug-likeness (QED) is 0.199. The van der Waals surface area contributed by atoms with Crippen LogP contribution in [0.15, 0.2) is 168 Å². The van der Waals surface area contributed by atoms with Crippen LogP contribution in [0.3, 0.4) is 0 Å². The molecule has 0 saturated heterocycles. The van der Waals surface area contributed by atoms with Crippen molar-refractivity contribution in [1.82, 2.24) is 0 Å². The zero-order valence-corrected chi connectivity index (χ0v) is 23.9. The van der Waals surface area contributed by atoms with E-state index in [9.17, 15) is 0 Å². The fourth-order valence-corrected chi connectivity index (χ4v) is 6.81. The summed E-state index contributed by atoms with van der Waals surface area (Å²) in [6.45, 7) is 0. The molecule has 9 rings (SSSR count). The molecule has 206 valence electrons. The molecule has 1 aromatic heterocycles. The molecule has 2 heteroatoms. The Morgan fingerprint density at radius 2 is 1.07 bits per heavy atom. The number of nitrogens with zero attached hydrogens (tertiary/aromatic N) is 1. The van der Waals surface area contributed by atoms with Crippen molar-refractivity contribution in [1.29, 1.82) is 0 Å². The molecule has 2 nitrogen and oxygen atoms in total. The molecule has 0 spiro atoms. The van der Waals surface area contributed by atoms with Crippen LogP contribution in [0.4, 0.5) is 17.1 Å². The Labute approximate surface area is 255 Å². The van der Waals surface area contributed by atoms with Crippen LogP contribution in [0.5, 0.6) is 0 Å². The van der Waals surface area contributed by atoms with Crippen LogP contribution in [0.25, 0.3) is 65.4 Å². The van der Waals surface area contributed by atoms with Crippen molar-refractivity contribution in [2.24, 2.45) is 0 Å². The van der Waals surface area contributed by atoms with E-state index in [0.717, 1.165) is 44.4 Å². The lowest BCUT2D eigenvalue weighted by molar-refractivity contribution is 0.672. The minimum absolute atomic E-state index is 0.883. The average Bonchev–Trinajstić information content (AvgIpc) is 3.49. The summed E-state index contributed by atoms with van der Waals surface area (Å²) < 4.78 is 6.55. The lowest BCUT2D eigenvalue weighted by Gasteiger charge is -2.26.